The third kappa shape index (κ3) is 12.5. The first-order chi connectivity index (χ1) is 30.9. The van der Waals surface area contributed by atoms with Crippen LogP contribution in [0.4, 0.5) is 0 Å². The number of aliphatic hydroxyl groups is 3. The second-order valence-electron chi connectivity index (χ2n) is 19.9. The highest BCUT2D eigenvalue weighted by molar-refractivity contribution is 6.42. The molecule has 3 N–H and O–H groups in total. The Balaban J connectivity index is 1.45. The highest BCUT2D eigenvalue weighted by Gasteiger charge is 2.53. The number of rotatable bonds is 13. The van der Waals surface area contributed by atoms with Crippen LogP contribution in [-0.2, 0) is 55.7 Å². The number of carbonyl (C=O) groups is 2. The number of benzene rings is 1. The monoisotopic (exact) mass is 970 g/mol. The Morgan fingerprint density at radius 3 is 2.21 bits per heavy atom. The minimum Gasteiger partial charge on any atom is -0.459 e. The van der Waals surface area contributed by atoms with Crippen LogP contribution in [-0.4, -0.2) is 153 Å². The van der Waals surface area contributed by atoms with Crippen LogP contribution in [0.25, 0.3) is 0 Å². The largest absolute Gasteiger partial charge is 0.459 e. The first kappa shape index (κ1) is 54.6. The van der Waals surface area contributed by atoms with Gasteiger partial charge in [-0.05, 0) is 85.5 Å². The van der Waals surface area contributed by atoms with Crippen LogP contribution in [0.1, 0.15) is 113 Å². The van der Waals surface area contributed by atoms with Crippen molar-refractivity contribution in [2.45, 2.75) is 192 Å². The lowest BCUT2D eigenvalue weighted by Gasteiger charge is -2.49. The maximum atomic E-state index is 14.4. The molecule has 1 aromatic carbocycles. The van der Waals surface area contributed by atoms with Gasteiger partial charge in [0.05, 0.1) is 69.9 Å². The molecule has 3 aliphatic heterocycles. The number of aromatic nitrogens is 3. The van der Waals surface area contributed by atoms with E-state index in [4.69, 9.17) is 56.4 Å². The molecule has 374 valence electrons. The summed E-state index contributed by atoms with van der Waals surface area (Å²) in [5.41, 5.74) is -2.40. The summed E-state index contributed by atoms with van der Waals surface area (Å²) in [6.07, 6.45) is -3.77. The summed E-state index contributed by atoms with van der Waals surface area (Å²) in [4.78, 5) is 30.9. The molecule has 0 unspecified atom stereocenters. The summed E-state index contributed by atoms with van der Waals surface area (Å²) in [6.45, 7) is 18.7. The molecule has 3 aliphatic rings. The van der Waals surface area contributed by atoms with E-state index in [0.717, 1.165) is 17.7 Å². The van der Waals surface area contributed by atoms with Gasteiger partial charge in [0.2, 0.25) is 0 Å². The van der Waals surface area contributed by atoms with E-state index in [1.54, 1.807) is 59.4 Å². The third-order valence-corrected chi connectivity index (χ3v) is 15.5. The average molecular weight is 972 g/mol. The Morgan fingerprint density at radius 2 is 1.58 bits per heavy atom. The lowest BCUT2D eigenvalue weighted by Crippen LogP contribution is -2.60. The number of ketones is 1. The van der Waals surface area contributed by atoms with Crippen LogP contribution in [0.3, 0.4) is 0 Å². The summed E-state index contributed by atoms with van der Waals surface area (Å²) in [5.74, 6) is -4.31. The molecule has 0 bridgehead atoms. The fourth-order valence-electron chi connectivity index (χ4n) is 10.3. The number of Topliss-reactive ketones (excluding diaryl/α,β-unsaturated/α-hetero) is 1. The Morgan fingerprint density at radius 1 is 0.894 bits per heavy atom. The molecular formula is C48H76Cl2N4O12. The van der Waals surface area contributed by atoms with Gasteiger partial charge in [0.15, 0.2) is 12.6 Å². The Labute approximate surface area is 401 Å². The fourth-order valence-corrected chi connectivity index (χ4v) is 10.6. The zero-order valence-corrected chi connectivity index (χ0v) is 42.6. The number of carbonyl (C=O) groups excluding carboxylic acids is 2. The predicted octanol–water partition coefficient (Wildman–Crippen LogP) is 6.03. The number of likely N-dealkylation sites (N-methyl/N-ethyl adjacent to an activating group) is 1. The van der Waals surface area contributed by atoms with E-state index in [2.05, 4.69) is 22.3 Å². The van der Waals surface area contributed by atoms with E-state index in [1.807, 2.05) is 39.1 Å². The zero-order valence-electron chi connectivity index (χ0n) is 41.1. The molecule has 66 heavy (non-hydrogen) atoms. The molecule has 2 aromatic rings. The number of halogens is 2. The topological polar surface area (TPSA) is 193 Å². The van der Waals surface area contributed by atoms with Crippen LogP contribution >= 0.6 is 23.2 Å². The summed E-state index contributed by atoms with van der Waals surface area (Å²) in [6, 6.07) is 5.54. The molecule has 17 atom stereocenters. The predicted molar refractivity (Wildman–Crippen MR) is 248 cm³/mol. The van der Waals surface area contributed by atoms with E-state index in [9.17, 15) is 24.9 Å². The van der Waals surface area contributed by atoms with Crippen molar-refractivity contribution in [2.75, 3.05) is 27.8 Å². The standard InChI is InChI=1S/C48H76Cl2N4O12/c1-14-37-48(10,59)42(56)28(4)40(55)26(2)22-47(9,61-13)44(29(5)41(30(6)45(58)64-37)65-39-23-46(8,60-12)43(57)31(7)63-39)66-38-21-34(19-27(3)62-38)53(11)18-17-33-25-54(52-51-33)24-32-15-16-35(49)36(50)20-32/h15-16,20,25-31,34,37-39,41-44,56-57,59H,14,17-19,21-24H2,1-13H3/t26-,27-,28+,29+,30-,31+,34+,37-,38+,39+,41+,42-,43+,44-,46-,47-,48-/m1/s1. The number of nitrogens with zero attached hydrogens (tertiary/aromatic N) is 4. The lowest BCUT2D eigenvalue weighted by molar-refractivity contribution is -0.309. The van der Waals surface area contributed by atoms with Gasteiger partial charge in [0, 0.05) is 70.0 Å². The van der Waals surface area contributed by atoms with E-state index in [0.29, 0.717) is 36.0 Å². The maximum Gasteiger partial charge on any atom is 0.311 e. The van der Waals surface area contributed by atoms with Crippen molar-refractivity contribution >= 4 is 35.0 Å². The van der Waals surface area contributed by atoms with Gasteiger partial charge in [0.1, 0.15) is 23.6 Å². The number of esters is 1. The van der Waals surface area contributed by atoms with Gasteiger partial charge in [-0.2, -0.15) is 0 Å². The average Bonchev–Trinajstić information content (AvgIpc) is 3.73. The first-order valence-corrected chi connectivity index (χ1v) is 24.2. The molecule has 0 aliphatic carbocycles. The molecular weight excluding hydrogens is 895 g/mol. The van der Waals surface area contributed by atoms with Crippen molar-refractivity contribution in [3.63, 3.8) is 0 Å². The number of cyclic esters (lactones) is 1. The molecule has 0 saturated carbocycles. The number of hydrogen-bond acceptors (Lipinski definition) is 15. The SMILES string of the molecule is CC[C@H]1OC(=O)[C@H](C)[C@@H](O[C@H]2C[C@@](C)(OC)[C@@H](O)[C@H](C)O2)[C@H](C)[C@@H](O[C@H]2C[C@@H](N(C)CCc3cn(Cc4ccc(Cl)c(Cl)c4)nn3)C[C@@H](C)O2)[C@](C)(OC)C[C@@H](C)C(=O)[C@H](C)[C@@H](O)[C@]1(C)O. The van der Waals surface area contributed by atoms with Crippen molar-refractivity contribution in [1.29, 1.82) is 0 Å². The summed E-state index contributed by atoms with van der Waals surface area (Å²) in [5, 5.41) is 44.2. The molecule has 18 heteroatoms. The van der Waals surface area contributed by atoms with Crippen molar-refractivity contribution in [3.8, 4) is 0 Å². The van der Waals surface area contributed by atoms with Gasteiger partial charge in [-0.15, -0.1) is 5.10 Å². The van der Waals surface area contributed by atoms with Gasteiger partial charge in [-0.25, -0.2) is 4.68 Å². The molecule has 0 spiro atoms. The van der Waals surface area contributed by atoms with Crippen LogP contribution in [0.15, 0.2) is 24.4 Å². The van der Waals surface area contributed by atoms with E-state index < -0.39 is 95.6 Å². The van der Waals surface area contributed by atoms with Crippen LogP contribution in [0.5, 0.6) is 0 Å². The Bertz CT molecular complexity index is 1930. The molecule has 16 nitrogen and oxygen atoms in total. The Kier molecular flexibility index (Phi) is 18.7. The summed E-state index contributed by atoms with van der Waals surface area (Å²) >= 11 is 12.3. The second-order valence-corrected chi connectivity index (χ2v) is 20.8. The van der Waals surface area contributed by atoms with Crippen molar-refractivity contribution in [2.24, 2.45) is 23.7 Å². The maximum absolute atomic E-state index is 14.4. The first-order valence-electron chi connectivity index (χ1n) is 23.5. The molecule has 5 rings (SSSR count). The lowest BCUT2D eigenvalue weighted by atomic mass is 9.74. The van der Waals surface area contributed by atoms with Gasteiger partial charge in [0.25, 0.3) is 0 Å². The molecule has 0 radical (unpaired) electrons. The number of methoxy groups -OCH3 is 2. The molecule has 3 fully saturated rings. The molecule has 3 saturated heterocycles. The normalized spacial score (nSPS) is 40.0. The number of aliphatic hydroxyl groups excluding tert-OH is 2. The van der Waals surface area contributed by atoms with Gasteiger partial charge in [-0.1, -0.05) is 62.2 Å². The summed E-state index contributed by atoms with van der Waals surface area (Å²) in [7, 11) is 5.15. The van der Waals surface area contributed by atoms with E-state index in [-0.39, 0.29) is 37.2 Å². The summed E-state index contributed by atoms with van der Waals surface area (Å²) < 4.78 is 46.9. The van der Waals surface area contributed by atoms with Gasteiger partial charge >= 0.3 is 5.97 Å². The molecule has 0 amide bonds. The second kappa shape index (κ2) is 22.6. The smallest absolute Gasteiger partial charge is 0.311 e. The highest BCUT2D eigenvalue weighted by Crippen LogP contribution is 2.42. The van der Waals surface area contributed by atoms with Crippen LogP contribution in [0, 0.1) is 23.7 Å². The fraction of sp³-hybridized carbons (Fsp3) is 0.792. The molecule has 4 heterocycles. The van der Waals surface area contributed by atoms with Gasteiger partial charge < -0.3 is 53.4 Å². The quantitative estimate of drug-likeness (QED) is 0.197. The van der Waals surface area contributed by atoms with Gasteiger partial charge in [-0.3, -0.25) is 9.59 Å². The van der Waals surface area contributed by atoms with E-state index >= 15 is 0 Å². The highest BCUT2D eigenvalue weighted by atomic mass is 35.5. The van der Waals surface area contributed by atoms with Crippen molar-refractivity contribution in [1.82, 2.24) is 19.9 Å². The Hall–Kier alpha value is -2.32. The minimum atomic E-state index is -1.97. The van der Waals surface area contributed by atoms with Crippen LogP contribution in [0.2, 0.25) is 10.0 Å². The van der Waals surface area contributed by atoms with Crippen molar-refractivity contribution < 1.29 is 58.1 Å². The third-order valence-electron chi connectivity index (χ3n) is 14.7. The van der Waals surface area contributed by atoms with E-state index in [1.165, 1.54) is 14.0 Å². The van der Waals surface area contributed by atoms with Crippen LogP contribution < -0.4 is 0 Å². The number of ether oxygens (including phenoxy) is 7. The minimum absolute atomic E-state index is 0.0467. The van der Waals surface area contributed by atoms with Crippen molar-refractivity contribution in [3.05, 3.63) is 45.7 Å². The zero-order chi connectivity index (χ0) is 49.1. The number of hydrogen-bond donors (Lipinski definition) is 3. The molecule has 1 aromatic heterocycles.